The molecule has 2 aromatic carbocycles. The molecule has 1 N–H and O–H groups in total. The maximum atomic E-state index is 12.2. The van der Waals surface area contributed by atoms with Crippen molar-refractivity contribution in [3.05, 3.63) is 70.3 Å². The molecule has 1 unspecified atom stereocenters. The number of carbonyl (C=O) groups is 1. The van der Waals surface area contributed by atoms with Gasteiger partial charge in [-0.15, -0.1) is 0 Å². The lowest BCUT2D eigenvalue weighted by molar-refractivity contribution is -0.131. The van der Waals surface area contributed by atoms with Crippen LogP contribution >= 0.6 is 0 Å². The van der Waals surface area contributed by atoms with E-state index >= 15 is 0 Å². The normalized spacial score (nSPS) is 14.3. The minimum Gasteiger partial charge on any atom is -0.367 e. The summed E-state index contributed by atoms with van der Waals surface area (Å²) < 4.78 is 12.0. The van der Waals surface area contributed by atoms with E-state index in [0.29, 0.717) is 6.61 Å². The van der Waals surface area contributed by atoms with E-state index in [4.69, 9.17) is 9.47 Å². The molecule has 2 aromatic rings. The number of hydrogen-bond donors (Lipinski definition) is 1. The first-order valence-corrected chi connectivity index (χ1v) is 10.5. The second-order valence-corrected chi connectivity index (χ2v) is 7.70. The van der Waals surface area contributed by atoms with Crippen molar-refractivity contribution in [3.8, 4) is 0 Å². The first kappa shape index (κ1) is 23.1. The van der Waals surface area contributed by atoms with Crippen LogP contribution in [0.2, 0.25) is 0 Å². The maximum absolute atomic E-state index is 12.2. The van der Waals surface area contributed by atoms with E-state index in [1.54, 1.807) is 14.2 Å². The number of hydrogen-bond acceptors (Lipinski definition) is 3. The summed E-state index contributed by atoms with van der Waals surface area (Å²) in [5.41, 5.74) is 5.21. The number of amides is 1. The standard InChI is InChI=1S/C25H35NO3/c1-7-11-19-15-14-18(3)22(16-19)25(4,8-2)29-17-20-12-9-10-13-21(20)23(28-6)24(27)26-5/h9-10,12-16,23H,7-8,11,17H2,1-6H3,(H,26,27)/t23?,25-/m0/s1. The molecule has 0 bridgehead atoms. The summed E-state index contributed by atoms with van der Waals surface area (Å²) in [6, 6.07) is 14.5. The van der Waals surface area contributed by atoms with Crippen LogP contribution in [0.5, 0.6) is 0 Å². The highest BCUT2D eigenvalue weighted by molar-refractivity contribution is 5.82. The summed E-state index contributed by atoms with van der Waals surface area (Å²) in [7, 11) is 3.17. The van der Waals surface area contributed by atoms with Crippen LogP contribution in [-0.4, -0.2) is 20.1 Å². The average molecular weight is 398 g/mol. The lowest BCUT2D eigenvalue weighted by Gasteiger charge is -2.32. The summed E-state index contributed by atoms with van der Waals surface area (Å²) in [5.74, 6) is -0.165. The number of benzene rings is 2. The van der Waals surface area contributed by atoms with Gasteiger partial charge in [0.05, 0.1) is 12.2 Å². The molecule has 158 valence electrons. The minimum atomic E-state index is -0.651. The Morgan fingerprint density at radius 3 is 2.52 bits per heavy atom. The Hall–Kier alpha value is -2.17. The van der Waals surface area contributed by atoms with Crippen molar-refractivity contribution in [3.63, 3.8) is 0 Å². The van der Waals surface area contributed by atoms with E-state index in [1.165, 1.54) is 16.7 Å². The molecule has 29 heavy (non-hydrogen) atoms. The molecule has 4 nitrogen and oxygen atoms in total. The molecule has 0 aromatic heterocycles. The third-order valence-corrected chi connectivity index (χ3v) is 5.69. The molecule has 2 atom stereocenters. The van der Waals surface area contributed by atoms with Crippen LogP contribution in [0.25, 0.3) is 0 Å². The van der Waals surface area contributed by atoms with Crippen molar-refractivity contribution in [2.45, 2.75) is 65.3 Å². The quantitative estimate of drug-likeness (QED) is 0.598. The predicted octanol–water partition coefficient (Wildman–Crippen LogP) is 5.22. The maximum Gasteiger partial charge on any atom is 0.253 e. The summed E-state index contributed by atoms with van der Waals surface area (Å²) in [5, 5.41) is 2.67. The van der Waals surface area contributed by atoms with Crippen molar-refractivity contribution in [1.82, 2.24) is 5.32 Å². The van der Waals surface area contributed by atoms with Crippen molar-refractivity contribution in [2.24, 2.45) is 0 Å². The number of nitrogens with one attached hydrogen (secondary N) is 1. The van der Waals surface area contributed by atoms with Crippen LogP contribution in [0.15, 0.2) is 42.5 Å². The molecule has 0 radical (unpaired) electrons. The fraction of sp³-hybridized carbons (Fsp3) is 0.480. The summed E-state index contributed by atoms with van der Waals surface area (Å²) in [6.07, 6.45) is 2.39. The Morgan fingerprint density at radius 2 is 1.90 bits per heavy atom. The third-order valence-electron chi connectivity index (χ3n) is 5.69. The molecule has 0 saturated heterocycles. The van der Waals surface area contributed by atoms with E-state index < -0.39 is 11.7 Å². The minimum absolute atomic E-state index is 0.165. The number of ether oxygens (including phenoxy) is 2. The van der Waals surface area contributed by atoms with Gasteiger partial charge < -0.3 is 14.8 Å². The van der Waals surface area contributed by atoms with Crippen molar-refractivity contribution < 1.29 is 14.3 Å². The molecule has 2 rings (SSSR count). The Labute approximate surface area is 175 Å². The second kappa shape index (κ2) is 10.6. The zero-order valence-electron chi connectivity index (χ0n) is 18.7. The molecule has 0 aliphatic carbocycles. The summed E-state index contributed by atoms with van der Waals surface area (Å²) in [6.45, 7) is 9.06. The monoisotopic (exact) mass is 397 g/mol. The highest BCUT2D eigenvalue weighted by Gasteiger charge is 2.29. The SMILES string of the molecule is CCCc1ccc(C)c([C@](C)(CC)OCc2ccccc2C(OC)C(=O)NC)c1. The number of methoxy groups -OCH3 is 1. The van der Waals surface area contributed by atoms with E-state index in [2.05, 4.69) is 51.2 Å². The molecule has 0 fully saturated rings. The van der Waals surface area contributed by atoms with Gasteiger partial charge in [0.15, 0.2) is 6.10 Å². The van der Waals surface area contributed by atoms with Crippen LogP contribution in [0.3, 0.4) is 0 Å². The molecule has 0 spiro atoms. The molecule has 1 amide bonds. The van der Waals surface area contributed by atoms with Gasteiger partial charge in [-0.2, -0.15) is 0 Å². The summed E-state index contributed by atoms with van der Waals surface area (Å²) >= 11 is 0. The van der Waals surface area contributed by atoms with Gasteiger partial charge in [0, 0.05) is 14.2 Å². The Balaban J connectivity index is 2.32. The van der Waals surface area contributed by atoms with Gasteiger partial charge in [-0.05, 0) is 54.5 Å². The summed E-state index contributed by atoms with van der Waals surface area (Å²) in [4.78, 5) is 12.2. The molecular weight excluding hydrogens is 362 g/mol. The third kappa shape index (κ3) is 5.46. The Bertz CT molecular complexity index is 817. The van der Waals surface area contributed by atoms with Gasteiger partial charge in [0.25, 0.3) is 5.91 Å². The first-order chi connectivity index (χ1) is 13.9. The fourth-order valence-corrected chi connectivity index (χ4v) is 3.72. The second-order valence-electron chi connectivity index (χ2n) is 7.70. The van der Waals surface area contributed by atoms with Crippen LogP contribution in [0, 0.1) is 6.92 Å². The molecule has 0 aliphatic heterocycles. The van der Waals surface area contributed by atoms with Gasteiger partial charge in [0.2, 0.25) is 0 Å². The Morgan fingerprint density at radius 1 is 1.17 bits per heavy atom. The zero-order valence-corrected chi connectivity index (χ0v) is 18.7. The van der Waals surface area contributed by atoms with Gasteiger partial charge in [-0.3, -0.25) is 4.79 Å². The number of carbonyl (C=O) groups excluding carboxylic acids is 1. The highest BCUT2D eigenvalue weighted by Crippen LogP contribution is 2.34. The number of rotatable bonds is 10. The van der Waals surface area contributed by atoms with Gasteiger partial charge in [0.1, 0.15) is 0 Å². The van der Waals surface area contributed by atoms with E-state index in [0.717, 1.165) is 30.4 Å². The first-order valence-electron chi connectivity index (χ1n) is 10.5. The lowest BCUT2D eigenvalue weighted by Crippen LogP contribution is -2.29. The van der Waals surface area contributed by atoms with Crippen molar-refractivity contribution >= 4 is 5.91 Å². The van der Waals surface area contributed by atoms with Crippen LogP contribution < -0.4 is 5.32 Å². The van der Waals surface area contributed by atoms with Crippen molar-refractivity contribution in [2.75, 3.05) is 14.2 Å². The lowest BCUT2D eigenvalue weighted by atomic mass is 9.87. The predicted molar refractivity (Wildman–Crippen MR) is 118 cm³/mol. The smallest absolute Gasteiger partial charge is 0.253 e. The average Bonchev–Trinajstić information content (AvgIpc) is 2.74. The molecule has 4 heteroatoms. The number of aryl methyl sites for hydroxylation is 2. The molecule has 0 heterocycles. The highest BCUT2D eigenvalue weighted by atomic mass is 16.5. The largest absolute Gasteiger partial charge is 0.367 e. The molecule has 0 saturated carbocycles. The fourth-order valence-electron chi connectivity index (χ4n) is 3.72. The number of likely N-dealkylation sites (N-methyl/N-ethyl adjacent to an activating group) is 1. The Kier molecular flexibility index (Phi) is 8.42. The van der Waals surface area contributed by atoms with Gasteiger partial charge in [-0.25, -0.2) is 0 Å². The van der Waals surface area contributed by atoms with E-state index in [9.17, 15) is 4.79 Å². The molecular formula is C25H35NO3. The van der Waals surface area contributed by atoms with E-state index in [1.807, 2.05) is 24.3 Å². The van der Waals surface area contributed by atoms with Crippen LogP contribution in [0.4, 0.5) is 0 Å². The zero-order chi connectivity index (χ0) is 21.4. The van der Waals surface area contributed by atoms with Gasteiger partial charge in [-0.1, -0.05) is 62.7 Å². The van der Waals surface area contributed by atoms with Crippen molar-refractivity contribution in [1.29, 1.82) is 0 Å². The van der Waals surface area contributed by atoms with E-state index in [-0.39, 0.29) is 5.91 Å². The van der Waals surface area contributed by atoms with Crippen LogP contribution in [0.1, 0.15) is 67.5 Å². The topological polar surface area (TPSA) is 47.6 Å². The molecule has 0 aliphatic rings. The van der Waals surface area contributed by atoms with Gasteiger partial charge >= 0.3 is 0 Å². The van der Waals surface area contributed by atoms with Crippen LogP contribution in [-0.2, 0) is 32.9 Å².